The highest BCUT2D eigenvalue weighted by atomic mass is 15.3. The molecular formula is C23H25N7. The Morgan fingerprint density at radius 3 is 2.80 bits per heavy atom. The van der Waals surface area contributed by atoms with Crippen LogP contribution >= 0.6 is 0 Å². The highest BCUT2D eigenvalue weighted by Gasteiger charge is 2.20. The number of unbranched alkanes of at least 4 members (excludes halogenated alkanes) is 1. The van der Waals surface area contributed by atoms with E-state index in [1.165, 1.54) is 17.4 Å². The lowest BCUT2D eigenvalue weighted by atomic mass is 10.1. The molecule has 3 aromatic heterocycles. The van der Waals surface area contributed by atoms with Crippen LogP contribution in [-0.2, 0) is 6.42 Å². The lowest BCUT2D eigenvalue weighted by molar-refractivity contribution is 0.252. The molecule has 1 fully saturated rings. The highest BCUT2D eigenvalue weighted by molar-refractivity contribution is 5.86. The van der Waals surface area contributed by atoms with Crippen molar-refractivity contribution in [2.75, 3.05) is 37.6 Å². The van der Waals surface area contributed by atoms with Crippen molar-refractivity contribution in [2.45, 2.75) is 19.3 Å². The zero-order valence-corrected chi connectivity index (χ0v) is 16.9. The number of nitriles is 1. The molecule has 0 bridgehead atoms. The summed E-state index contributed by atoms with van der Waals surface area (Å²) in [6, 6.07) is 10.1. The van der Waals surface area contributed by atoms with Gasteiger partial charge in [-0.2, -0.15) is 5.26 Å². The summed E-state index contributed by atoms with van der Waals surface area (Å²) in [4.78, 5) is 20.3. The normalized spacial score (nSPS) is 15.1. The lowest BCUT2D eigenvalue weighted by Gasteiger charge is -2.35. The Bertz CT molecular complexity index is 1190. The molecule has 0 unspecified atom stereocenters. The second-order valence-corrected chi connectivity index (χ2v) is 7.91. The van der Waals surface area contributed by atoms with E-state index in [-0.39, 0.29) is 0 Å². The molecule has 0 atom stereocenters. The molecule has 0 radical (unpaired) electrons. The summed E-state index contributed by atoms with van der Waals surface area (Å²) in [7, 11) is 0. The summed E-state index contributed by atoms with van der Waals surface area (Å²) in [5.74, 6) is 1.01. The number of aromatic amines is 2. The number of hydrogen-bond donors (Lipinski definition) is 2. The fourth-order valence-electron chi connectivity index (χ4n) is 4.39. The summed E-state index contributed by atoms with van der Waals surface area (Å²) in [5.41, 5.74) is 5.15. The summed E-state index contributed by atoms with van der Waals surface area (Å²) in [6.45, 7) is 5.23. The number of piperazine rings is 1. The number of nitrogens with one attached hydrogen (secondary N) is 2. The van der Waals surface area contributed by atoms with Gasteiger partial charge in [-0.15, -0.1) is 0 Å². The first-order chi connectivity index (χ1) is 14.8. The van der Waals surface area contributed by atoms with Crippen molar-refractivity contribution in [3.05, 3.63) is 54.1 Å². The first-order valence-corrected chi connectivity index (χ1v) is 10.6. The number of rotatable bonds is 6. The van der Waals surface area contributed by atoms with E-state index < -0.39 is 0 Å². The van der Waals surface area contributed by atoms with Crippen molar-refractivity contribution in [3.63, 3.8) is 0 Å². The van der Waals surface area contributed by atoms with Crippen LogP contribution in [0.3, 0.4) is 0 Å². The third kappa shape index (κ3) is 3.62. The molecule has 2 N–H and O–H groups in total. The molecular weight excluding hydrogens is 374 g/mol. The van der Waals surface area contributed by atoms with E-state index in [1.807, 2.05) is 30.5 Å². The maximum atomic E-state index is 9.14. The smallest absolute Gasteiger partial charge is 0.156 e. The van der Waals surface area contributed by atoms with Gasteiger partial charge in [-0.1, -0.05) is 0 Å². The molecule has 152 valence electrons. The summed E-state index contributed by atoms with van der Waals surface area (Å²) in [5, 5.41) is 10.3. The van der Waals surface area contributed by atoms with Crippen LogP contribution in [0, 0.1) is 11.3 Å². The predicted octanol–water partition coefficient (Wildman–Crippen LogP) is 3.46. The predicted molar refractivity (Wildman–Crippen MR) is 118 cm³/mol. The molecule has 5 rings (SSSR count). The monoisotopic (exact) mass is 399 g/mol. The van der Waals surface area contributed by atoms with Gasteiger partial charge in [-0.25, -0.2) is 9.97 Å². The number of anilines is 1. The van der Waals surface area contributed by atoms with E-state index in [2.05, 4.69) is 42.0 Å². The van der Waals surface area contributed by atoms with Gasteiger partial charge in [-0.05, 0) is 55.6 Å². The SMILES string of the molecule is N#Cc1ccc2[nH]cc(CCCCN3CCN(c4ncnc5cc[nH]c45)CC3)c2c1. The summed E-state index contributed by atoms with van der Waals surface area (Å²) >= 11 is 0. The molecule has 0 aliphatic carbocycles. The Balaban J connectivity index is 1.11. The topological polar surface area (TPSA) is 87.6 Å². The van der Waals surface area contributed by atoms with Crippen LogP contribution in [0.1, 0.15) is 24.0 Å². The minimum absolute atomic E-state index is 0.724. The van der Waals surface area contributed by atoms with Crippen LogP contribution < -0.4 is 4.90 Å². The van der Waals surface area contributed by atoms with Gasteiger partial charge in [0.1, 0.15) is 11.8 Å². The minimum Gasteiger partial charge on any atom is -0.361 e. The quantitative estimate of drug-likeness (QED) is 0.485. The number of aromatic nitrogens is 4. The number of hydrogen-bond acceptors (Lipinski definition) is 5. The van der Waals surface area contributed by atoms with Crippen molar-refractivity contribution in [3.8, 4) is 6.07 Å². The van der Waals surface area contributed by atoms with Crippen molar-refractivity contribution < 1.29 is 0 Å². The van der Waals surface area contributed by atoms with E-state index in [4.69, 9.17) is 5.26 Å². The number of fused-ring (bicyclic) bond motifs is 2. The van der Waals surface area contributed by atoms with Gasteiger partial charge in [0.15, 0.2) is 5.82 Å². The Morgan fingerprint density at radius 2 is 1.93 bits per heavy atom. The largest absolute Gasteiger partial charge is 0.361 e. The van der Waals surface area contributed by atoms with Gasteiger partial charge >= 0.3 is 0 Å². The van der Waals surface area contributed by atoms with E-state index in [1.54, 1.807) is 6.33 Å². The molecule has 0 spiro atoms. The average molecular weight is 400 g/mol. The van der Waals surface area contributed by atoms with E-state index in [9.17, 15) is 0 Å². The Kier molecular flexibility index (Phi) is 5.08. The molecule has 7 nitrogen and oxygen atoms in total. The first-order valence-electron chi connectivity index (χ1n) is 10.6. The second kappa shape index (κ2) is 8.17. The van der Waals surface area contributed by atoms with Gasteiger partial charge in [0.25, 0.3) is 0 Å². The van der Waals surface area contributed by atoms with Crippen LogP contribution in [0.2, 0.25) is 0 Å². The van der Waals surface area contributed by atoms with Crippen molar-refractivity contribution in [1.29, 1.82) is 5.26 Å². The Labute approximate surface area is 175 Å². The summed E-state index contributed by atoms with van der Waals surface area (Å²) in [6.07, 6.45) is 9.04. The van der Waals surface area contributed by atoms with Crippen molar-refractivity contribution in [1.82, 2.24) is 24.8 Å². The van der Waals surface area contributed by atoms with Crippen LogP contribution in [-0.4, -0.2) is 57.6 Å². The Morgan fingerprint density at radius 1 is 1.03 bits per heavy atom. The number of aryl methyl sites for hydroxylation is 1. The highest BCUT2D eigenvalue weighted by Crippen LogP contribution is 2.23. The molecule has 1 aliphatic rings. The van der Waals surface area contributed by atoms with Gasteiger partial charge < -0.3 is 14.9 Å². The van der Waals surface area contributed by atoms with Crippen LogP contribution in [0.4, 0.5) is 5.82 Å². The molecule has 1 saturated heterocycles. The maximum Gasteiger partial charge on any atom is 0.156 e. The molecule has 0 amide bonds. The number of H-pyrrole nitrogens is 2. The first kappa shape index (κ1) is 18.6. The van der Waals surface area contributed by atoms with Crippen molar-refractivity contribution >= 4 is 27.8 Å². The van der Waals surface area contributed by atoms with E-state index >= 15 is 0 Å². The molecule has 1 aromatic carbocycles. The fraction of sp³-hybridized carbons (Fsp3) is 0.348. The fourth-order valence-corrected chi connectivity index (χ4v) is 4.39. The minimum atomic E-state index is 0.724. The van der Waals surface area contributed by atoms with Crippen LogP contribution in [0.15, 0.2) is 43.0 Å². The van der Waals surface area contributed by atoms with Gasteiger partial charge in [0.05, 0.1) is 17.1 Å². The second-order valence-electron chi connectivity index (χ2n) is 7.91. The van der Waals surface area contributed by atoms with Gasteiger partial charge in [0.2, 0.25) is 0 Å². The van der Waals surface area contributed by atoms with Crippen LogP contribution in [0.5, 0.6) is 0 Å². The van der Waals surface area contributed by atoms with E-state index in [0.29, 0.717) is 0 Å². The molecule has 4 aromatic rings. The average Bonchev–Trinajstić information content (AvgIpc) is 3.43. The number of benzene rings is 1. The summed E-state index contributed by atoms with van der Waals surface area (Å²) < 4.78 is 0. The molecule has 30 heavy (non-hydrogen) atoms. The maximum absolute atomic E-state index is 9.14. The molecule has 1 aliphatic heterocycles. The van der Waals surface area contributed by atoms with Crippen LogP contribution in [0.25, 0.3) is 21.9 Å². The third-order valence-electron chi connectivity index (χ3n) is 6.06. The van der Waals surface area contributed by atoms with E-state index in [0.717, 1.165) is 73.5 Å². The number of nitrogens with zero attached hydrogens (tertiary/aromatic N) is 5. The zero-order chi connectivity index (χ0) is 20.3. The lowest BCUT2D eigenvalue weighted by Crippen LogP contribution is -2.47. The van der Waals surface area contributed by atoms with Crippen molar-refractivity contribution in [2.24, 2.45) is 0 Å². The molecule has 4 heterocycles. The van der Waals surface area contributed by atoms with Gasteiger partial charge in [0, 0.05) is 49.5 Å². The molecule has 7 heteroatoms. The Hall–Kier alpha value is -3.37. The third-order valence-corrected chi connectivity index (χ3v) is 6.06. The van der Waals surface area contributed by atoms with Gasteiger partial charge in [-0.3, -0.25) is 4.90 Å². The zero-order valence-electron chi connectivity index (χ0n) is 16.9. The standard InChI is InChI=1S/C23H25N7/c24-14-17-4-5-20-19(13-17)18(15-26-20)3-1-2-8-29-9-11-30(12-10-29)23-22-21(6-7-25-22)27-16-28-23/h4-7,13,15-16,25-26H,1-3,8-12H2. The molecule has 0 saturated carbocycles.